The Balaban J connectivity index is 1.85. The van der Waals surface area contributed by atoms with Crippen molar-refractivity contribution in [3.8, 4) is 5.75 Å². The van der Waals surface area contributed by atoms with Crippen molar-refractivity contribution in [3.05, 3.63) is 29.3 Å². The molecule has 1 aliphatic carbocycles. The third-order valence-corrected chi connectivity index (χ3v) is 5.66. The van der Waals surface area contributed by atoms with E-state index in [1.54, 1.807) is 6.07 Å². The minimum Gasteiger partial charge on any atom is -0.483 e. The zero-order chi connectivity index (χ0) is 21.4. The van der Waals surface area contributed by atoms with Gasteiger partial charge < -0.3 is 9.84 Å². The normalized spacial score (nSPS) is 24.9. The van der Waals surface area contributed by atoms with Crippen LogP contribution in [0.25, 0.3) is 0 Å². The van der Waals surface area contributed by atoms with Crippen molar-refractivity contribution in [2.24, 2.45) is 11.0 Å². The van der Waals surface area contributed by atoms with Gasteiger partial charge in [-0.1, -0.05) is 38.8 Å². The fourth-order valence-electron chi connectivity index (χ4n) is 4.09. The fraction of sp³-hybridized carbons (Fsp3) is 0.619. The number of alkyl halides is 3. The van der Waals surface area contributed by atoms with E-state index >= 15 is 0 Å². The number of nitrogens with zero attached hydrogens (tertiary/aromatic N) is 2. The van der Waals surface area contributed by atoms with Crippen LogP contribution in [0.1, 0.15) is 63.0 Å². The van der Waals surface area contributed by atoms with Gasteiger partial charge in [0.25, 0.3) is 11.6 Å². The molecule has 1 heterocycles. The first kappa shape index (κ1) is 21.6. The molecule has 1 amide bonds. The molecule has 8 heteroatoms. The first-order valence-corrected chi connectivity index (χ1v) is 9.98. The molecule has 1 aliphatic heterocycles. The van der Waals surface area contributed by atoms with Crippen LogP contribution in [-0.2, 0) is 4.79 Å². The van der Waals surface area contributed by atoms with E-state index in [-0.39, 0.29) is 23.1 Å². The predicted molar refractivity (Wildman–Crippen MR) is 103 cm³/mol. The van der Waals surface area contributed by atoms with Crippen LogP contribution in [0.3, 0.4) is 0 Å². The van der Waals surface area contributed by atoms with E-state index in [2.05, 4.69) is 5.10 Å². The highest BCUT2D eigenvalue weighted by Gasteiger charge is 2.68. The number of carbonyl (C=O) groups excluding carboxylic acids is 1. The molecule has 2 atom stereocenters. The van der Waals surface area contributed by atoms with E-state index in [1.165, 1.54) is 0 Å². The highest BCUT2D eigenvalue weighted by molar-refractivity contribution is 5.93. The summed E-state index contributed by atoms with van der Waals surface area (Å²) in [4.78, 5) is 12.7. The molecule has 160 valence electrons. The summed E-state index contributed by atoms with van der Waals surface area (Å²) in [6.45, 7) is 5.15. The molecule has 1 aromatic rings. The van der Waals surface area contributed by atoms with Crippen LogP contribution < -0.4 is 4.74 Å². The number of benzene rings is 1. The van der Waals surface area contributed by atoms with E-state index in [4.69, 9.17) is 4.74 Å². The Labute approximate surface area is 168 Å². The molecular formula is C21H27F3N2O3. The summed E-state index contributed by atoms with van der Waals surface area (Å²) in [5.74, 6) is -1.67. The van der Waals surface area contributed by atoms with Crippen molar-refractivity contribution in [2.75, 3.05) is 6.61 Å². The topological polar surface area (TPSA) is 62.1 Å². The highest BCUT2D eigenvalue weighted by Crippen LogP contribution is 2.47. The Hall–Kier alpha value is -2.09. The molecule has 0 bridgehead atoms. The van der Waals surface area contributed by atoms with Crippen LogP contribution in [0.15, 0.2) is 23.3 Å². The van der Waals surface area contributed by atoms with Crippen LogP contribution in [0.2, 0.25) is 0 Å². The van der Waals surface area contributed by atoms with Crippen molar-refractivity contribution in [1.82, 2.24) is 5.01 Å². The number of aryl methyl sites for hydroxylation is 1. The maximum atomic E-state index is 13.9. The standard InChI is InChI=1S/C21H27F3N2O3/c1-13(2)15-10-9-14(3)11-18(15)29-12-19(27)26-20(28,21(22,23)24)16-7-5-4-6-8-17(16)25-26/h9-11,13,16,28H,4-8,12H2,1-3H3/t16-,20+/m1/s1. The van der Waals surface area contributed by atoms with E-state index < -0.39 is 30.3 Å². The second-order valence-corrected chi connectivity index (χ2v) is 8.16. The number of hydrogen-bond acceptors (Lipinski definition) is 4. The summed E-state index contributed by atoms with van der Waals surface area (Å²) in [6, 6.07) is 5.53. The molecule has 2 aliphatic rings. The summed E-state index contributed by atoms with van der Waals surface area (Å²) >= 11 is 0. The Kier molecular flexibility index (Phi) is 5.94. The van der Waals surface area contributed by atoms with Crippen molar-refractivity contribution < 1.29 is 27.8 Å². The fourth-order valence-corrected chi connectivity index (χ4v) is 4.09. The number of aliphatic hydroxyl groups is 1. The number of halogens is 3. The van der Waals surface area contributed by atoms with Crippen molar-refractivity contribution >= 4 is 11.6 Å². The number of amides is 1. The monoisotopic (exact) mass is 412 g/mol. The molecule has 0 unspecified atom stereocenters. The smallest absolute Gasteiger partial charge is 0.439 e. The molecule has 0 aromatic heterocycles. The van der Waals surface area contributed by atoms with E-state index in [0.29, 0.717) is 25.0 Å². The molecule has 0 radical (unpaired) electrons. The molecule has 1 aromatic carbocycles. The van der Waals surface area contributed by atoms with Crippen molar-refractivity contribution in [2.45, 2.75) is 70.7 Å². The lowest BCUT2D eigenvalue weighted by Crippen LogP contribution is -2.61. The maximum Gasteiger partial charge on any atom is 0.439 e. The summed E-state index contributed by atoms with van der Waals surface area (Å²) < 4.78 is 47.3. The van der Waals surface area contributed by atoms with Crippen molar-refractivity contribution in [3.63, 3.8) is 0 Å². The van der Waals surface area contributed by atoms with Gasteiger partial charge in [0.2, 0.25) is 0 Å². The third-order valence-electron chi connectivity index (χ3n) is 5.66. The lowest BCUT2D eigenvalue weighted by atomic mass is 9.87. The minimum atomic E-state index is -5.02. The van der Waals surface area contributed by atoms with E-state index in [1.807, 2.05) is 32.9 Å². The second-order valence-electron chi connectivity index (χ2n) is 8.16. The van der Waals surface area contributed by atoms with Gasteiger partial charge >= 0.3 is 6.18 Å². The van der Waals surface area contributed by atoms with Crippen LogP contribution in [0, 0.1) is 12.8 Å². The summed E-state index contributed by atoms with van der Waals surface area (Å²) in [6.07, 6.45) is -2.48. The largest absolute Gasteiger partial charge is 0.483 e. The van der Waals surface area contributed by atoms with Crippen LogP contribution >= 0.6 is 0 Å². The van der Waals surface area contributed by atoms with Crippen LogP contribution in [0.5, 0.6) is 5.75 Å². The SMILES string of the molecule is Cc1ccc(C(C)C)c(OCC(=O)N2N=C3CCCCC[C@H]3[C@]2(O)C(F)(F)F)c1. The van der Waals surface area contributed by atoms with Gasteiger partial charge in [-0.25, -0.2) is 0 Å². The Morgan fingerprint density at radius 3 is 2.72 bits per heavy atom. The summed E-state index contributed by atoms with van der Waals surface area (Å²) in [5, 5.41) is 14.8. The van der Waals surface area contributed by atoms with Gasteiger partial charge in [-0.15, -0.1) is 0 Å². The molecule has 0 spiro atoms. The molecule has 1 saturated carbocycles. The molecule has 5 nitrogen and oxygen atoms in total. The number of carbonyl (C=O) groups is 1. The zero-order valence-electron chi connectivity index (χ0n) is 16.9. The van der Waals surface area contributed by atoms with Gasteiger partial charge in [-0.2, -0.15) is 23.3 Å². The zero-order valence-corrected chi connectivity index (χ0v) is 16.9. The quantitative estimate of drug-likeness (QED) is 0.791. The Morgan fingerprint density at radius 2 is 2.07 bits per heavy atom. The van der Waals surface area contributed by atoms with Crippen LogP contribution in [0.4, 0.5) is 13.2 Å². The molecule has 3 rings (SSSR count). The minimum absolute atomic E-state index is 0.117. The van der Waals surface area contributed by atoms with Crippen molar-refractivity contribution in [1.29, 1.82) is 0 Å². The lowest BCUT2D eigenvalue weighted by molar-refractivity contribution is -0.317. The van der Waals surface area contributed by atoms with Gasteiger partial charge in [-0.05, 0) is 49.3 Å². The van der Waals surface area contributed by atoms with E-state index in [9.17, 15) is 23.1 Å². The Morgan fingerprint density at radius 1 is 1.34 bits per heavy atom. The highest BCUT2D eigenvalue weighted by atomic mass is 19.4. The lowest BCUT2D eigenvalue weighted by Gasteiger charge is -2.37. The first-order valence-electron chi connectivity index (χ1n) is 9.98. The number of rotatable bonds is 4. The van der Waals surface area contributed by atoms with Gasteiger partial charge in [0.05, 0.1) is 5.92 Å². The average Bonchev–Trinajstić information content (AvgIpc) is 2.79. The van der Waals surface area contributed by atoms with Gasteiger partial charge in [0.1, 0.15) is 5.75 Å². The number of hydrazone groups is 1. The van der Waals surface area contributed by atoms with Gasteiger partial charge in [0.15, 0.2) is 6.61 Å². The third kappa shape index (κ3) is 3.99. The molecule has 1 fully saturated rings. The number of fused-ring (bicyclic) bond motifs is 1. The van der Waals surface area contributed by atoms with Gasteiger partial charge in [-0.3, -0.25) is 4.79 Å². The molecular weight excluding hydrogens is 385 g/mol. The Bertz CT molecular complexity index is 807. The second kappa shape index (κ2) is 7.97. The summed E-state index contributed by atoms with van der Waals surface area (Å²) in [7, 11) is 0. The maximum absolute atomic E-state index is 13.9. The average molecular weight is 412 g/mol. The van der Waals surface area contributed by atoms with E-state index in [0.717, 1.165) is 17.5 Å². The number of ether oxygens (including phenoxy) is 1. The van der Waals surface area contributed by atoms with Gasteiger partial charge in [0, 0.05) is 5.71 Å². The predicted octanol–water partition coefficient (Wildman–Crippen LogP) is 4.53. The first-order chi connectivity index (χ1) is 13.6. The van der Waals surface area contributed by atoms with Crippen LogP contribution in [-0.4, -0.2) is 40.2 Å². The number of hydrogen-bond donors (Lipinski definition) is 1. The molecule has 29 heavy (non-hydrogen) atoms. The molecule has 0 saturated heterocycles. The summed E-state index contributed by atoms with van der Waals surface area (Å²) in [5.41, 5.74) is -1.31. The molecule has 1 N–H and O–H groups in total.